The molecule has 2 aromatic carbocycles. The van der Waals surface area contributed by atoms with Crippen molar-refractivity contribution in [2.45, 2.75) is 105 Å². The van der Waals surface area contributed by atoms with Gasteiger partial charge in [0, 0.05) is 50.9 Å². The summed E-state index contributed by atoms with van der Waals surface area (Å²) in [5, 5.41) is 13.4. The molecular formula is C42H61N5O7. The van der Waals surface area contributed by atoms with Crippen LogP contribution in [0.5, 0.6) is 5.75 Å². The van der Waals surface area contributed by atoms with E-state index in [9.17, 15) is 24.3 Å². The van der Waals surface area contributed by atoms with E-state index < -0.39 is 12.2 Å². The quantitative estimate of drug-likeness (QED) is 0.292. The summed E-state index contributed by atoms with van der Waals surface area (Å²) in [4.78, 5) is 60.7. The summed E-state index contributed by atoms with van der Waals surface area (Å²) in [5.74, 6) is 0.932. The summed E-state index contributed by atoms with van der Waals surface area (Å²) in [7, 11) is 0. The Morgan fingerprint density at radius 1 is 0.833 bits per heavy atom. The van der Waals surface area contributed by atoms with Gasteiger partial charge in [-0.05, 0) is 126 Å². The van der Waals surface area contributed by atoms with E-state index in [0.717, 1.165) is 62.0 Å². The number of anilines is 1. The average molecular weight is 748 g/mol. The smallest absolute Gasteiger partial charge is 0.410 e. The van der Waals surface area contributed by atoms with Gasteiger partial charge in [0.05, 0.1) is 12.6 Å². The van der Waals surface area contributed by atoms with Crippen LogP contribution in [-0.2, 0) is 31.9 Å². The van der Waals surface area contributed by atoms with E-state index in [1.165, 1.54) is 0 Å². The summed E-state index contributed by atoms with van der Waals surface area (Å²) in [6.07, 6.45) is 4.47. The molecule has 296 valence electrons. The third-order valence-electron chi connectivity index (χ3n) is 11.7. The van der Waals surface area contributed by atoms with Crippen molar-refractivity contribution in [1.82, 2.24) is 19.6 Å². The highest BCUT2D eigenvalue weighted by molar-refractivity contribution is 5.91. The number of benzene rings is 2. The predicted molar refractivity (Wildman–Crippen MR) is 208 cm³/mol. The highest BCUT2D eigenvalue weighted by Crippen LogP contribution is 2.33. The molecule has 0 spiro atoms. The number of phenols is 1. The molecule has 3 saturated heterocycles. The number of phenolic OH excluding ortho intramolecular Hbond substituents is 1. The molecule has 4 aliphatic rings. The third-order valence-corrected chi connectivity index (χ3v) is 11.7. The van der Waals surface area contributed by atoms with Crippen LogP contribution in [0, 0.1) is 25.7 Å². The van der Waals surface area contributed by atoms with Gasteiger partial charge in [0.1, 0.15) is 5.75 Å². The lowest BCUT2D eigenvalue weighted by Gasteiger charge is -2.41. The number of rotatable bonds is 9. The molecule has 12 heteroatoms. The molecule has 0 aliphatic carbocycles. The second kappa shape index (κ2) is 18.3. The first kappa shape index (κ1) is 40.9. The fraction of sp³-hybridized carbons (Fsp3) is 0.619. The number of piperidine rings is 3. The van der Waals surface area contributed by atoms with Crippen molar-refractivity contribution in [3.63, 3.8) is 0 Å². The molecule has 3 fully saturated rings. The van der Waals surface area contributed by atoms with E-state index in [0.29, 0.717) is 75.1 Å². The summed E-state index contributed by atoms with van der Waals surface area (Å²) in [6.45, 7) is 12.2. The Labute approximate surface area is 321 Å². The fourth-order valence-corrected chi connectivity index (χ4v) is 8.71. The minimum atomic E-state index is -0.996. The molecule has 4 amide bonds. The average Bonchev–Trinajstić information content (AvgIpc) is 3.31. The number of likely N-dealkylation sites (tertiary alicyclic amines) is 3. The molecule has 0 bridgehead atoms. The zero-order valence-corrected chi connectivity index (χ0v) is 31.9. The number of nitrogens with one attached hydrogen (secondary N) is 1. The van der Waals surface area contributed by atoms with E-state index in [4.69, 9.17) is 9.47 Å². The second-order valence-electron chi connectivity index (χ2n) is 15.7. The van der Waals surface area contributed by atoms with Gasteiger partial charge < -0.3 is 34.6 Å². The van der Waals surface area contributed by atoms with E-state index in [1.54, 1.807) is 4.90 Å². The molecule has 1 atom stereocenters. The predicted octanol–water partition coefficient (Wildman–Crippen LogP) is 6.15. The maximum absolute atomic E-state index is 14.2. The van der Waals surface area contributed by atoms with E-state index >= 15 is 0 Å². The van der Waals surface area contributed by atoms with E-state index in [2.05, 4.69) is 10.2 Å². The van der Waals surface area contributed by atoms with E-state index in [-0.39, 0.29) is 49.7 Å². The van der Waals surface area contributed by atoms with Crippen LogP contribution in [0.25, 0.3) is 0 Å². The first-order valence-corrected chi connectivity index (χ1v) is 19.6. The van der Waals surface area contributed by atoms with Crippen molar-refractivity contribution < 1.29 is 33.8 Å². The Balaban J connectivity index is 0.00000561. The van der Waals surface area contributed by atoms with Gasteiger partial charge in [-0.2, -0.15) is 0 Å². The molecule has 2 N–H and O–H groups in total. The summed E-state index contributed by atoms with van der Waals surface area (Å²) in [5.41, 5.74) is 4.22. The maximum Gasteiger partial charge on any atom is 0.410 e. The van der Waals surface area contributed by atoms with Gasteiger partial charge in [0.2, 0.25) is 0 Å². The van der Waals surface area contributed by atoms with Gasteiger partial charge in [0.25, 0.3) is 5.91 Å². The van der Waals surface area contributed by atoms with Gasteiger partial charge in [-0.3, -0.25) is 14.5 Å². The normalized spacial score (nSPS) is 19.7. The Hall–Kier alpha value is -4.32. The molecular weight excluding hydrogens is 686 g/mol. The minimum Gasteiger partial charge on any atom is -0.507 e. The lowest BCUT2D eigenvalue weighted by molar-refractivity contribution is -0.149. The van der Waals surface area contributed by atoms with E-state index in [1.807, 2.05) is 73.9 Å². The number of amides is 4. The number of aryl methyl sites for hydroxylation is 2. The topological polar surface area (TPSA) is 132 Å². The van der Waals surface area contributed by atoms with Crippen LogP contribution in [0.4, 0.5) is 15.3 Å². The summed E-state index contributed by atoms with van der Waals surface area (Å²) in [6, 6.07) is 11.5. The Morgan fingerprint density at radius 3 is 2.06 bits per heavy atom. The van der Waals surface area contributed by atoms with Crippen LogP contribution >= 0.6 is 0 Å². The number of carbonyl (C=O) groups is 4. The Kier molecular flexibility index (Phi) is 13.9. The van der Waals surface area contributed by atoms with Crippen LogP contribution in [0.3, 0.4) is 0 Å². The molecule has 0 unspecified atom stereocenters. The van der Waals surface area contributed by atoms with Gasteiger partial charge in [0.15, 0.2) is 6.10 Å². The molecule has 0 saturated carbocycles. The van der Waals surface area contributed by atoms with Crippen LogP contribution in [0.15, 0.2) is 36.4 Å². The van der Waals surface area contributed by atoms with Gasteiger partial charge >= 0.3 is 18.1 Å². The molecule has 54 heavy (non-hydrogen) atoms. The zero-order chi connectivity index (χ0) is 37.6. The number of ether oxygens (including phenoxy) is 2. The number of esters is 1. The maximum atomic E-state index is 14.2. The molecule has 4 heterocycles. The van der Waals surface area contributed by atoms with Crippen molar-refractivity contribution in [2.75, 3.05) is 57.7 Å². The van der Waals surface area contributed by atoms with Crippen molar-refractivity contribution in [2.24, 2.45) is 11.8 Å². The summed E-state index contributed by atoms with van der Waals surface area (Å²) >= 11 is 0. The van der Waals surface area contributed by atoms with Crippen LogP contribution in [0.2, 0.25) is 0 Å². The Bertz CT molecular complexity index is 1600. The standard InChI is InChI=1S/C41H57N5O7.CH4/c1-27(2)52-37(47)26-43-16-9-31(10-17-43)32-11-18-44(19-12-32)39(49)36(25-30-23-28(3)38(48)29(4)24-30)53-41(51)45-20-14-34(15-21-45)46-22-13-33-7-5-6-8-35(33)42-40(46)50;/h5-8,23-24,27,31-32,34,36,48H,9-22,25-26H2,1-4H3,(H,42,50);1H4/t36-;/m1./s1. The lowest BCUT2D eigenvalue weighted by Crippen LogP contribution is -2.52. The van der Waals surface area contributed by atoms with Crippen LogP contribution < -0.4 is 5.32 Å². The highest BCUT2D eigenvalue weighted by Gasteiger charge is 2.37. The summed E-state index contributed by atoms with van der Waals surface area (Å²) < 4.78 is 11.4. The van der Waals surface area contributed by atoms with Gasteiger partial charge in [-0.1, -0.05) is 37.8 Å². The number of aromatic hydroxyl groups is 1. The molecule has 0 radical (unpaired) electrons. The second-order valence-corrected chi connectivity index (χ2v) is 15.7. The van der Waals surface area contributed by atoms with Gasteiger partial charge in [-0.15, -0.1) is 0 Å². The third kappa shape index (κ3) is 10.0. The van der Waals surface area contributed by atoms with Crippen LogP contribution in [0.1, 0.15) is 82.1 Å². The number of hydrogen-bond donors (Lipinski definition) is 2. The van der Waals surface area contributed by atoms with Crippen molar-refractivity contribution >= 4 is 29.7 Å². The number of hydrogen-bond acceptors (Lipinski definition) is 8. The number of fused-ring (bicyclic) bond motifs is 1. The van der Waals surface area contributed by atoms with Crippen molar-refractivity contribution in [3.05, 3.63) is 58.7 Å². The van der Waals surface area contributed by atoms with Crippen molar-refractivity contribution in [1.29, 1.82) is 0 Å². The monoisotopic (exact) mass is 747 g/mol. The number of para-hydroxylation sites is 1. The Morgan fingerprint density at radius 2 is 1.43 bits per heavy atom. The molecule has 6 rings (SSSR count). The fourth-order valence-electron chi connectivity index (χ4n) is 8.71. The zero-order valence-electron chi connectivity index (χ0n) is 31.9. The SMILES string of the molecule is C.Cc1cc(C[C@@H](OC(=O)N2CCC(N3CCc4ccccc4NC3=O)CC2)C(=O)N2CCC(C3CCN(CC(=O)OC(C)C)CC3)CC2)cc(C)c1O. The molecule has 12 nitrogen and oxygen atoms in total. The van der Waals surface area contributed by atoms with Crippen LogP contribution in [-0.4, -0.2) is 119 Å². The molecule has 0 aromatic heterocycles. The lowest BCUT2D eigenvalue weighted by atomic mass is 9.78. The number of urea groups is 1. The first-order chi connectivity index (χ1) is 25.4. The number of carbonyl (C=O) groups excluding carboxylic acids is 4. The minimum absolute atomic E-state index is 0. The van der Waals surface area contributed by atoms with Gasteiger partial charge in [-0.25, -0.2) is 9.59 Å². The molecule has 4 aliphatic heterocycles. The highest BCUT2D eigenvalue weighted by atomic mass is 16.6. The molecule has 2 aromatic rings. The number of nitrogens with zero attached hydrogens (tertiary/aromatic N) is 4. The largest absolute Gasteiger partial charge is 0.507 e. The first-order valence-electron chi connectivity index (χ1n) is 19.6. The van der Waals surface area contributed by atoms with Crippen molar-refractivity contribution in [3.8, 4) is 5.75 Å².